The van der Waals surface area contributed by atoms with E-state index in [1.54, 1.807) is 36.4 Å². The monoisotopic (exact) mass is 339 g/mol. The van der Waals surface area contributed by atoms with Gasteiger partial charge in [-0.15, -0.1) is 0 Å². The summed E-state index contributed by atoms with van der Waals surface area (Å²) in [4.78, 5) is 11.9. The SMILES string of the molecule is O=C(NNc1c(Cl)cccc1Cl)Nc1ccc2c(c1)OCO2. The van der Waals surface area contributed by atoms with Gasteiger partial charge in [0.15, 0.2) is 11.5 Å². The number of carbonyl (C=O) groups is 1. The van der Waals surface area contributed by atoms with Crippen molar-refractivity contribution in [2.24, 2.45) is 0 Å². The smallest absolute Gasteiger partial charge is 0.337 e. The molecule has 6 nitrogen and oxygen atoms in total. The van der Waals surface area contributed by atoms with E-state index in [1.807, 2.05) is 0 Å². The summed E-state index contributed by atoms with van der Waals surface area (Å²) in [6.45, 7) is 0.178. The Morgan fingerprint density at radius 2 is 1.77 bits per heavy atom. The zero-order valence-electron chi connectivity index (χ0n) is 11.2. The summed E-state index contributed by atoms with van der Waals surface area (Å²) < 4.78 is 10.4. The van der Waals surface area contributed by atoms with E-state index >= 15 is 0 Å². The van der Waals surface area contributed by atoms with Gasteiger partial charge in [-0.05, 0) is 24.3 Å². The van der Waals surface area contributed by atoms with Crippen molar-refractivity contribution in [3.63, 3.8) is 0 Å². The van der Waals surface area contributed by atoms with E-state index in [0.717, 1.165) is 0 Å². The third kappa shape index (κ3) is 3.13. The van der Waals surface area contributed by atoms with Crippen LogP contribution in [0.1, 0.15) is 0 Å². The summed E-state index contributed by atoms with van der Waals surface area (Å²) in [5, 5.41) is 3.44. The fraction of sp³-hybridized carbons (Fsp3) is 0.0714. The van der Waals surface area contributed by atoms with Crippen LogP contribution < -0.4 is 25.6 Å². The molecule has 2 aromatic rings. The largest absolute Gasteiger partial charge is 0.454 e. The predicted molar refractivity (Wildman–Crippen MR) is 84.8 cm³/mol. The Kier molecular flexibility index (Phi) is 4.13. The zero-order chi connectivity index (χ0) is 15.5. The van der Waals surface area contributed by atoms with E-state index in [4.69, 9.17) is 32.7 Å². The summed E-state index contributed by atoms with van der Waals surface area (Å²) in [7, 11) is 0. The number of anilines is 2. The van der Waals surface area contributed by atoms with Crippen LogP contribution in [-0.4, -0.2) is 12.8 Å². The molecule has 0 aromatic heterocycles. The van der Waals surface area contributed by atoms with Gasteiger partial charge in [-0.25, -0.2) is 4.79 Å². The van der Waals surface area contributed by atoms with Crippen molar-refractivity contribution in [1.29, 1.82) is 0 Å². The van der Waals surface area contributed by atoms with Gasteiger partial charge >= 0.3 is 6.03 Å². The van der Waals surface area contributed by atoms with E-state index in [0.29, 0.717) is 32.9 Å². The molecule has 0 aliphatic carbocycles. The lowest BCUT2D eigenvalue weighted by Gasteiger charge is -2.12. The normalized spacial score (nSPS) is 11.9. The second-order valence-corrected chi connectivity index (χ2v) is 5.18. The number of para-hydroxylation sites is 1. The minimum atomic E-state index is -0.477. The lowest BCUT2D eigenvalue weighted by molar-refractivity contribution is 0.174. The number of rotatable bonds is 3. The highest BCUT2D eigenvalue weighted by Gasteiger charge is 2.14. The number of benzene rings is 2. The number of halogens is 2. The lowest BCUT2D eigenvalue weighted by atomic mass is 10.3. The molecule has 22 heavy (non-hydrogen) atoms. The average molecular weight is 340 g/mol. The van der Waals surface area contributed by atoms with Crippen LogP contribution in [0.5, 0.6) is 11.5 Å². The van der Waals surface area contributed by atoms with E-state index in [1.165, 1.54) is 0 Å². The number of urea groups is 1. The molecule has 1 heterocycles. The number of fused-ring (bicyclic) bond motifs is 1. The van der Waals surface area contributed by atoms with Crippen LogP contribution in [-0.2, 0) is 0 Å². The highest BCUT2D eigenvalue weighted by molar-refractivity contribution is 6.39. The minimum absolute atomic E-state index is 0.178. The van der Waals surface area contributed by atoms with Crippen LogP contribution in [0, 0.1) is 0 Å². The Hall–Kier alpha value is -2.31. The fourth-order valence-electron chi connectivity index (χ4n) is 1.87. The van der Waals surface area contributed by atoms with Crippen molar-refractivity contribution >= 4 is 40.6 Å². The van der Waals surface area contributed by atoms with E-state index in [2.05, 4.69) is 16.2 Å². The van der Waals surface area contributed by atoms with Crippen molar-refractivity contribution in [1.82, 2.24) is 5.43 Å². The van der Waals surface area contributed by atoms with Crippen LogP contribution >= 0.6 is 23.2 Å². The first-order valence-electron chi connectivity index (χ1n) is 6.30. The number of hydrazine groups is 1. The number of nitrogens with one attached hydrogen (secondary N) is 3. The molecule has 2 aromatic carbocycles. The third-order valence-corrected chi connectivity index (χ3v) is 3.52. The molecule has 3 N–H and O–H groups in total. The Labute approximate surface area is 136 Å². The molecule has 0 spiro atoms. The lowest BCUT2D eigenvalue weighted by Crippen LogP contribution is -2.33. The molecule has 0 atom stereocenters. The summed E-state index contributed by atoms with van der Waals surface area (Å²) in [6, 6.07) is 9.65. The van der Waals surface area contributed by atoms with Crippen molar-refractivity contribution in [3.05, 3.63) is 46.4 Å². The number of hydrogen-bond donors (Lipinski definition) is 3. The molecule has 0 bridgehead atoms. The van der Waals surface area contributed by atoms with Gasteiger partial charge in [0.1, 0.15) is 0 Å². The number of carbonyl (C=O) groups excluding carboxylic acids is 1. The first-order valence-corrected chi connectivity index (χ1v) is 7.06. The maximum absolute atomic E-state index is 11.9. The van der Waals surface area contributed by atoms with E-state index in [-0.39, 0.29) is 6.79 Å². The summed E-state index contributed by atoms with van der Waals surface area (Å²) in [5.74, 6) is 1.23. The fourth-order valence-corrected chi connectivity index (χ4v) is 2.37. The van der Waals surface area contributed by atoms with Crippen molar-refractivity contribution in [2.75, 3.05) is 17.5 Å². The average Bonchev–Trinajstić information content (AvgIpc) is 2.94. The Morgan fingerprint density at radius 1 is 1.05 bits per heavy atom. The Bertz CT molecular complexity index is 704. The van der Waals surface area contributed by atoms with Gasteiger partial charge in [-0.1, -0.05) is 29.3 Å². The molecular formula is C14H11Cl2N3O3. The standard InChI is InChI=1S/C14H11Cl2N3O3/c15-9-2-1-3-10(16)13(9)18-19-14(20)17-8-4-5-11-12(6-8)22-7-21-11/h1-6,18H,7H2,(H2,17,19,20). The zero-order valence-corrected chi connectivity index (χ0v) is 12.7. The number of ether oxygens (including phenoxy) is 2. The topological polar surface area (TPSA) is 71.6 Å². The molecule has 3 rings (SSSR count). The highest BCUT2D eigenvalue weighted by atomic mass is 35.5. The van der Waals surface area contributed by atoms with Crippen LogP contribution in [0.3, 0.4) is 0 Å². The maximum Gasteiger partial charge on any atom is 0.337 e. The van der Waals surface area contributed by atoms with Crippen molar-refractivity contribution in [3.8, 4) is 11.5 Å². The van der Waals surface area contributed by atoms with Gasteiger partial charge in [0, 0.05) is 11.8 Å². The Balaban J connectivity index is 1.61. The molecule has 8 heteroatoms. The molecule has 0 saturated carbocycles. The third-order valence-electron chi connectivity index (χ3n) is 2.89. The maximum atomic E-state index is 11.9. The number of hydrogen-bond acceptors (Lipinski definition) is 4. The second-order valence-electron chi connectivity index (χ2n) is 4.37. The predicted octanol–water partition coefficient (Wildman–Crippen LogP) is 3.87. The van der Waals surface area contributed by atoms with Crippen molar-refractivity contribution in [2.45, 2.75) is 0 Å². The van der Waals surface area contributed by atoms with Gasteiger partial charge in [0.05, 0.1) is 15.7 Å². The first kappa shape index (κ1) is 14.6. The molecular weight excluding hydrogens is 329 g/mol. The molecule has 0 unspecified atom stereocenters. The number of amides is 2. The van der Waals surface area contributed by atoms with Crippen LogP contribution in [0.2, 0.25) is 10.0 Å². The quantitative estimate of drug-likeness (QED) is 0.742. The van der Waals surface area contributed by atoms with Crippen molar-refractivity contribution < 1.29 is 14.3 Å². The van der Waals surface area contributed by atoms with Gasteiger partial charge < -0.3 is 14.8 Å². The molecule has 0 fully saturated rings. The molecule has 1 aliphatic heterocycles. The van der Waals surface area contributed by atoms with Gasteiger partial charge in [0.25, 0.3) is 0 Å². The molecule has 1 aliphatic rings. The minimum Gasteiger partial charge on any atom is -0.454 e. The molecule has 0 radical (unpaired) electrons. The van der Waals surface area contributed by atoms with Crippen LogP contribution in [0.4, 0.5) is 16.2 Å². The van der Waals surface area contributed by atoms with E-state index in [9.17, 15) is 4.79 Å². The first-order chi connectivity index (χ1) is 10.6. The Morgan fingerprint density at radius 3 is 2.55 bits per heavy atom. The van der Waals surface area contributed by atoms with E-state index < -0.39 is 6.03 Å². The van der Waals surface area contributed by atoms with Gasteiger partial charge in [-0.2, -0.15) is 0 Å². The van der Waals surface area contributed by atoms with Gasteiger partial charge in [-0.3, -0.25) is 10.9 Å². The summed E-state index contributed by atoms with van der Waals surface area (Å²) in [5.41, 5.74) is 6.11. The van der Waals surface area contributed by atoms with Gasteiger partial charge in [0.2, 0.25) is 6.79 Å². The molecule has 0 saturated heterocycles. The summed E-state index contributed by atoms with van der Waals surface area (Å²) in [6.07, 6.45) is 0. The van der Waals surface area contributed by atoms with Crippen LogP contribution in [0.15, 0.2) is 36.4 Å². The highest BCUT2D eigenvalue weighted by Crippen LogP contribution is 2.34. The molecule has 114 valence electrons. The molecule has 2 amide bonds. The van der Waals surface area contributed by atoms with Crippen LogP contribution in [0.25, 0.3) is 0 Å². The second kappa shape index (κ2) is 6.21. The summed E-state index contributed by atoms with van der Waals surface area (Å²) >= 11 is 12.0.